The van der Waals surface area contributed by atoms with Crippen LogP contribution in [0.1, 0.15) is 20.3 Å². The quantitative estimate of drug-likeness (QED) is 0.803. The summed E-state index contributed by atoms with van der Waals surface area (Å²) in [5, 5.41) is 0.759. The Morgan fingerprint density at radius 3 is 1.89 bits per heavy atom. The number of alkyl carbamates (subject to hydrolysis) is 1. The van der Waals surface area contributed by atoms with Crippen molar-refractivity contribution < 1.29 is 35.9 Å². The van der Waals surface area contributed by atoms with E-state index in [1.54, 1.807) is 13.8 Å². The minimum absolute atomic E-state index is 0.110. The molecule has 0 aliphatic heterocycles. The molecule has 0 aromatic heterocycles. The monoisotopic (exact) mass is 281 g/mol. The predicted molar refractivity (Wildman–Crippen MR) is 49.8 cm³/mol. The Morgan fingerprint density at radius 2 is 1.56 bits per heavy atom. The Balaban J connectivity index is 4.39. The fourth-order valence-electron chi connectivity index (χ4n) is 0.896. The van der Waals surface area contributed by atoms with Gasteiger partial charge in [0, 0.05) is 0 Å². The van der Waals surface area contributed by atoms with Crippen LogP contribution in [0.3, 0.4) is 0 Å². The molecule has 0 aliphatic rings. The molecule has 1 amide bonds. The van der Waals surface area contributed by atoms with Crippen molar-refractivity contribution in [2.24, 2.45) is 5.92 Å². The van der Waals surface area contributed by atoms with Gasteiger partial charge in [-0.25, -0.2) is 4.79 Å². The van der Waals surface area contributed by atoms with Crippen molar-refractivity contribution in [1.82, 2.24) is 5.32 Å². The molecule has 0 bridgehead atoms. The number of hydrogen-bond donors (Lipinski definition) is 1. The predicted octanol–water partition coefficient (Wildman–Crippen LogP) is 3.25. The van der Waals surface area contributed by atoms with Gasteiger partial charge in [-0.3, -0.25) is 0 Å². The van der Waals surface area contributed by atoms with Crippen LogP contribution in [0.25, 0.3) is 0 Å². The van der Waals surface area contributed by atoms with Crippen LogP contribution >= 0.6 is 0 Å². The molecule has 0 saturated heterocycles. The van der Waals surface area contributed by atoms with Crippen LogP contribution < -0.4 is 5.32 Å². The maximum Gasteiger partial charge on any atom is 0.417 e. The van der Waals surface area contributed by atoms with Gasteiger partial charge in [-0.05, 0) is 12.3 Å². The SMILES string of the molecule is CC(C)CCOC(=O)NC(C(F)(F)F)C(F)(F)F. The van der Waals surface area contributed by atoms with Crippen molar-refractivity contribution in [1.29, 1.82) is 0 Å². The highest BCUT2D eigenvalue weighted by molar-refractivity contribution is 5.67. The molecule has 3 nitrogen and oxygen atoms in total. The second-order valence-corrected chi connectivity index (χ2v) is 3.98. The van der Waals surface area contributed by atoms with Crippen LogP contribution in [0, 0.1) is 5.92 Å². The molecule has 0 fully saturated rings. The standard InChI is InChI=1S/C9H13F6NO2/c1-5(2)3-4-18-7(17)16-6(8(10,11)12)9(13,14)15/h5-6H,3-4H2,1-2H3,(H,16,17). The van der Waals surface area contributed by atoms with Gasteiger partial charge < -0.3 is 10.1 Å². The highest BCUT2D eigenvalue weighted by Crippen LogP contribution is 2.33. The maximum absolute atomic E-state index is 12.0. The molecular weight excluding hydrogens is 268 g/mol. The lowest BCUT2D eigenvalue weighted by atomic mass is 10.1. The lowest BCUT2D eigenvalue weighted by Gasteiger charge is -2.23. The Kier molecular flexibility index (Phi) is 5.75. The largest absolute Gasteiger partial charge is 0.450 e. The van der Waals surface area contributed by atoms with Gasteiger partial charge >= 0.3 is 18.4 Å². The summed E-state index contributed by atoms with van der Waals surface area (Å²) in [5.74, 6) is 0.110. The van der Waals surface area contributed by atoms with Crippen molar-refractivity contribution in [2.75, 3.05) is 6.61 Å². The maximum atomic E-state index is 12.0. The lowest BCUT2D eigenvalue weighted by Crippen LogP contribution is -2.54. The third kappa shape index (κ3) is 6.55. The summed E-state index contributed by atoms with van der Waals surface area (Å²) in [6.45, 7) is 3.27. The van der Waals surface area contributed by atoms with Crippen LogP contribution in [0.2, 0.25) is 0 Å². The number of carbonyl (C=O) groups is 1. The zero-order valence-corrected chi connectivity index (χ0v) is 9.65. The van der Waals surface area contributed by atoms with Crippen LogP contribution in [0.15, 0.2) is 0 Å². The van der Waals surface area contributed by atoms with Gasteiger partial charge in [0.1, 0.15) is 0 Å². The van der Waals surface area contributed by atoms with E-state index in [1.165, 1.54) is 0 Å². The number of hydrogen-bond acceptors (Lipinski definition) is 2. The zero-order chi connectivity index (χ0) is 14.6. The second kappa shape index (κ2) is 6.14. The van der Waals surface area contributed by atoms with Gasteiger partial charge in [-0.2, -0.15) is 26.3 Å². The molecule has 108 valence electrons. The third-order valence-electron chi connectivity index (χ3n) is 1.85. The minimum atomic E-state index is -5.62. The molecule has 9 heteroatoms. The summed E-state index contributed by atoms with van der Waals surface area (Å²) in [7, 11) is 0. The lowest BCUT2D eigenvalue weighted by molar-refractivity contribution is -0.256. The van der Waals surface area contributed by atoms with E-state index >= 15 is 0 Å². The summed E-state index contributed by atoms with van der Waals surface area (Å²) in [6, 6.07) is -3.92. The topological polar surface area (TPSA) is 38.3 Å². The number of ether oxygens (including phenoxy) is 1. The summed E-state index contributed by atoms with van der Waals surface area (Å²) < 4.78 is 76.4. The molecule has 0 radical (unpaired) electrons. The van der Waals surface area contributed by atoms with Gasteiger partial charge in [-0.15, -0.1) is 0 Å². The van der Waals surface area contributed by atoms with Crippen LogP contribution in [0.4, 0.5) is 31.1 Å². The summed E-state index contributed by atoms with van der Waals surface area (Å²) >= 11 is 0. The fourth-order valence-corrected chi connectivity index (χ4v) is 0.896. The van der Waals surface area contributed by atoms with Crippen LogP contribution in [-0.2, 0) is 4.74 Å². The molecule has 0 aromatic carbocycles. The van der Waals surface area contributed by atoms with Gasteiger partial charge in [0.15, 0.2) is 0 Å². The summed E-state index contributed by atoms with van der Waals surface area (Å²) in [4.78, 5) is 10.8. The van der Waals surface area contributed by atoms with Gasteiger partial charge in [0.05, 0.1) is 6.61 Å². The number of nitrogens with one attached hydrogen (secondary N) is 1. The van der Waals surface area contributed by atoms with E-state index in [-0.39, 0.29) is 12.5 Å². The fraction of sp³-hybridized carbons (Fsp3) is 0.889. The van der Waals surface area contributed by atoms with Crippen molar-refractivity contribution in [2.45, 2.75) is 38.7 Å². The van der Waals surface area contributed by atoms with E-state index in [1.807, 2.05) is 0 Å². The molecule has 0 aromatic rings. The minimum Gasteiger partial charge on any atom is -0.450 e. The second-order valence-electron chi connectivity index (χ2n) is 3.98. The first-order valence-electron chi connectivity index (χ1n) is 5.01. The van der Waals surface area contributed by atoms with Gasteiger partial charge in [0.25, 0.3) is 0 Å². The van der Waals surface area contributed by atoms with Crippen LogP contribution in [0.5, 0.6) is 0 Å². The zero-order valence-electron chi connectivity index (χ0n) is 9.65. The Hall–Kier alpha value is -1.15. The highest BCUT2D eigenvalue weighted by atomic mass is 19.4. The first kappa shape index (κ1) is 16.9. The van der Waals surface area contributed by atoms with Gasteiger partial charge in [0.2, 0.25) is 6.04 Å². The van der Waals surface area contributed by atoms with Crippen molar-refractivity contribution in [3.05, 3.63) is 0 Å². The van der Waals surface area contributed by atoms with E-state index in [4.69, 9.17) is 0 Å². The van der Waals surface area contributed by atoms with E-state index < -0.39 is 24.5 Å². The summed E-state index contributed by atoms with van der Waals surface area (Å²) in [6.07, 6.45) is -12.6. The normalized spacial score (nSPS) is 13.0. The highest BCUT2D eigenvalue weighted by Gasteiger charge is 2.57. The van der Waals surface area contributed by atoms with Crippen LogP contribution in [-0.4, -0.2) is 31.1 Å². The first-order valence-corrected chi connectivity index (χ1v) is 5.01. The Bertz CT molecular complexity index is 259. The Labute approximate surface area is 99.5 Å². The van der Waals surface area contributed by atoms with Crippen molar-refractivity contribution >= 4 is 6.09 Å². The molecule has 18 heavy (non-hydrogen) atoms. The molecular formula is C9H13F6NO2. The molecule has 0 unspecified atom stereocenters. The first-order chi connectivity index (χ1) is 7.94. The van der Waals surface area contributed by atoms with Crippen molar-refractivity contribution in [3.8, 4) is 0 Å². The molecule has 0 saturated carbocycles. The smallest absolute Gasteiger partial charge is 0.417 e. The van der Waals surface area contributed by atoms with E-state index in [0.29, 0.717) is 6.42 Å². The molecule has 0 rings (SSSR count). The van der Waals surface area contributed by atoms with E-state index in [2.05, 4.69) is 4.74 Å². The van der Waals surface area contributed by atoms with E-state index in [0.717, 1.165) is 5.32 Å². The van der Waals surface area contributed by atoms with Gasteiger partial charge in [-0.1, -0.05) is 13.8 Å². The number of halogens is 6. The van der Waals surface area contributed by atoms with Crippen molar-refractivity contribution in [3.63, 3.8) is 0 Å². The number of amides is 1. The number of carbonyl (C=O) groups excluding carboxylic acids is 1. The number of rotatable bonds is 4. The number of alkyl halides is 6. The molecule has 0 aliphatic carbocycles. The molecule has 0 spiro atoms. The molecule has 1 N–H and O–H groups in total. The Morgan fingerprint density at radius 1 is 1.11 bits per heavy atom. The summed E-state index contributed by atoms with van der Waals surface area (Å²) in [5.41, 5.74) is 0. The molecule has 0 heterocycles. The average Bonchev–Trinajstić information content (AvgIpc) is 2.09. The van der Waals surface area contributed by atoms with E-state index in [9.17, 15) is 31.1 Å². The average molecular weight is 281 g/mol. The molecule has 0 atom stereocenters. The third-order valence-corrected chi connectivity index (χ3v) is 1.85.